The van der Waals surface area contributed by atoms with Crippen LogP contribution in [0.4, 0.5) is 0 Å². The van der Waals surface area contributed by atoms with Crippen molar-refractivity contribution in [3.05, 3.63) is 35.4 Å². The molecule has 1 atom stereocenters. The fourth-order valence-corrected chi connectivity index (χ4v) is 1.83. The van der Waals surface area contributed by atoms with Crippen molar-refractivity contribution in [3.63, 3.8) is 0 Å². The van der Waals surface area contributed by atoms with Crippen molar-refractivity contribution in [2.24, 2.45) is 0 Å². The second kappa shape index (κ2) is 9.08. The molecule has 0 aliphatic rings. The molecule has 3 heteroatoms. The van der Waals surface area contributed by atoms with E-state index in [0.717, 1.165) is 13.0 Å². The molecule has 1 N–H and O–H groups in total. The predicted molar refractivity (Wildman–Crippen MR) is 79.4 cm³/mol. The van der Waals surface area contributed by atoms with E-state index in [9.17, 15) is 0 Å². The van der Waals surface area contributed by atoms with Gasteiger partial charge in [-0.1, -0.05) is 38.1 Å². The summed E-state index contributed by atoms with van der Waals surface area (Å²) in [6, 6.07) is 9.20. The topological polar surface area (TPSA) is 30.5 Å². The van der Waals surface area contributed by atoms with Crippen molar-refractivity contribution in [3.8, 4) is 0 Å². The maximum Gasteiger partial charge on any atom is 0.0784 e. The first-order valence-corrected chi connectivity index (χ1v) is 7.03. The molecule has 0 bridgehead atoms. The van der Waals surface area contributed by atoms with E-state index in [2.05, 4.69) is 43.4 Å². The van der Waals surface area contributed by atoms with Gasteiger partial charge in [0.05, 0.1) is 19.3 Å². The average Bonchev–Trinajstić information content (AvgIpc) is 2.38. The molecular weight excluding hydrogens is 238 g/mol. The molecular formula is C16H27NO2. The van der Waals surface area contributed by atoms with Crippen LogP contribution in [0.15, 0.2) is 24.3 Å². The number of ether oxygens (including phenoxy) is 2. The molecule has 1 rings (SSSR count). The van der Waals surface area contributed by atoms with Gasteiger partial charge in [0.25, 0.3) is 0 Å². The van der Waals surface area contributed by atoms with Gasteiger partial charge in [-0.3, -0.25) is 0 Å². The summed E-state index contributed by atoms with van der Waals surface area (Å²) in [5, 5.41) is 3.42. The number of methoxy groups -OCH3 is 1. The van der Waals surface area contributed by atoms with Crippen molar-refractivity contribution in [2.45, 2.75) is 45.9 Å². The summed E-state index contributed by atoms with van der Waals surface area (Å²) < 4.78 is 10.7. The highest BCUT2D eigenvalue weighted by molar-refractivity contribution is 5.22. The van der Waals surface area contributed by atoms with Crippen LogP contribution >= 0.6 is 0 Å². The van der Waals surface area contributed by atoms with Gasteiger partial charge in [0, 0.05) is 13.2 Å². The second-order valence-corrected chi connectivity index (χ2v) is 5.25. The van der Waals surface area contributed by atoms with E-state index in [1.54, 1.807) is 7.11 Å². The smallest absolute Gasteiger partial charge is 0.0784 e. The molecule has 3 nitrogen and oxygen atoms in total. The molecule has 0 heterocycles. The maximum absolute atomic E-state index is 5.68. The van der Waals surface area contributed by atoms with Gasteiger partial charge in [-0.2, -0.15) is 0 Å². The summed E-state index contributed by atoms with van der Waals surface area (Å²) in [4.78, 5) is 0. The highest BCUT2D eigenvalue weighted by Crippen LogP contribution is 2.07. The Balaban J connectivity index is 2.30. The van der Waals surface area contributed by atoms with Gasteiger partial charge in [-0.15, -0.1) is 0 Å². The van der Waals surface area contributed by atoms with Gasteiger partial charge in [-0.25, -0.2) is 0 Å². The molecule has 0 amide bonds. The molecule has 0 aliphatic heterocycles. The van der Waals surface area contributed by atoms with Crippen LogP contribution in [0.25, 0.3) is 0 Å². The first-order chi connectivity index (χ1) is 9.11. The molecule has 108 valence electrons. The molecule has 1 aromatic rings. The zero-order valence-electron chi connectivity index (χ0n) is 12.6. The van der Waals surface area contributed by atoms with Gasteiger partial charge in [0.1, 0.15) is 0 Å². The standard InChI is InChI=1S/C16H27NO2/c1-13(2)17-10-9-15-5-7-16(8-6-15)12-19-14(3)11-18-4/h5-8,13-14,17H,9-12H2,1-4H3. The highest BCUT2D eigenvalue weighted by atomic mass is 16.5. The van der Waals surface area contributed by atoms with Gasteiger partial charge in [-0.05, 0) is 31.0 Å². The Morgan fingerprint density at radius 2 is 1.68 bits per heavy atom. The number of hydrogen-bond donors (Lipinski definition) is 1. The van der Waals surface area contributed by atoms with Crippen molar-refractivity contribution in [1.29, 1.82) is 0 Å². The highest BCUT2D eigenvalue weighted by Gasteiger charge is 2.02. The van der Waals surface area contributed by atoms with E-state index in [4.69, 9.17) is 9.47 Å². The van der Waals surface area contributed by atoms with E-state index in [1.165, 1.54) is 11.1 Å². The number of nitrogens with one attached hydrogen (secondary N) is 1. The van der Waals surface area contributed by atoms with Crippen molar-refractivity contribution >= 4 is 0 Å². The molecule has 0 saturated carbocycles. The van der Waals surface area contributed by atoms with Gasteiger partial charge < -0.3 is 14.8 Å². The minimum absolute atomic E-state index is 0.139. The summed E-state index contributed by atoms with van der Waals surface area (Å²) in [6.45, 7) is 8.67. The van der Waals surface area contributed by atoms with Gasteiger partial charge in [0.15, 0.2) is 0 Å². The lowest BCUT2D eigenvalue weighted by molar-refractivity contribution is -0.000128. The summed E-state index contributed by atoms with van der Waals surface area (Å²) >= 11 is 0. The largest absolute Gasteiger partial charge is 0.382 e. The Labute approximate surface area is 117 Å². The lowest BCUT2D eigenvalue weighted by Crippen LogP contribution is -2.24. The van der Waals surface area contributed by atoms with Crippen LogP contribution in [0, 0.1) is 0 Å². The molecule has 1 aromatic carbocycles. The average molecular weight is 265 g/mol. The molecule has 19 heavy (non-hydrogen) atoms. The first kappa shape index (κ1) is 16.2. The third-order valence-corrected chi connectivity index (χ3v) is 2.93. The van der Waals surface area contributed by atoms with Crippen molar-refractivity contribution in [2.75, 3.05) is 20.3 Å². The van der Waals surface area contributed by atoms with Crippen LogP contribution in [0.3, 0.4) is 0 Å². The van der Waals surface area contributed by atoms with Gasteiger partial charge >= 0.3 is 0 Å². The minimum atomic E-state index is 0.139. The Hall–Kier alpha value is -0.900. The van der Waals surface area contributed by atoms with Crippen LogP contribution in [0.1, 0.15) is 31.9 Å². The number of rotatable bonds is 9. The number of hydrogen-bond acceptors (Lipinski definition) is 3. The molecule has 0 aromatic heterocycles. The van der Waals surface area contributed by atoms with E-state index >= 15 is 0 Å². The van der Waals surface area contributed by atoms with Crippen LogP contribution in [-0.4, -0.2) is 32.4 Å². The Kier molecular flexibility index (Phi) is 7.72. The Morgan fingerprint density at radius 1 is 1.05 bits per heavy atom. The van der Waals surface area contributed by atoms with Crippen LogP contribution in [-0.2, 0) is 22.5 Å². The third kappa shape index (κ3) is 7.31. The molecule has 0 fully saturated rings. The van der Waals surface area contributed by atoms with Crippen LogP contribution < -0.4 is 5.32 Å². The fourth-order valence-electron chi connectivity index (χ4n) is 1.83. The van der Waals surface area contributed by atoms with Crippen molar-refractivity contribution < 1.29 is 9.47 Å². The van der Waals surface area contributed by atoms with E-state index in [-0.39, 0.29) is 6.10 Å². The normalized spacial score (nSPS) is 12.9. The molecule has 1 unspecified atom stereocenters. The first-order valence-electron chi connectivity index (χ1n) is 7.03. The monoisotopic (exact) mass is 265 g/mol. The molecule has 0 radical (unpaired) electrons. The minimum Gasteiger partial charge on any atom is -0.382 e. The zero-order valence-corrected chi connectivity index (χ0v) is 12.6. The SMILES string of the molecule is COCC(C)OCc1ccc(CCNC(C)C)cc1. The predicted octanol–water partition coefficient (Wildman–Crippen LogP) is 2.78. The van der Waals surface area contributed by atoms with Crippen LogP contribution in [0.2, 0.25) is 0 Å². The van der Waals surface area contributed by atoms with Gasteiger partial charge in [0.2, 0.25) is 0 Å². The van der Waals surface area contributed by atoms with E-state index in [1.807, 2.05) is 6.92 Å². The van der Waals surface area contributed by atoms with Crippen LogP contribution in [0.5, 0.6) is 0 Å². The summed E-state index contributed by atoms with van der Waals surface area (Å²) in [6.07, 6.45) is 1.21. The van der Waals surface area contributed by atoms with E-state index < -0.39 is 0 Å². The fraction of sp³-hybridized carbons (Fsp3) is 0.625. The second-order valence-electron chi connectivity index (χ2n) is 5.25. The summed E-state index contributed by atoms with van der Waals surface area (Å²) in [5.74, 6) is 0. The summed E-state index contributed by atoms with van der Waals surface area (Å²) in [5.41, 5.74) is 2.57. The Morgan fingerprint density at radius 3 is 2.26 bits per heavy atom. The number of benzene rings is 1. The lowest BCUT2D eigenvalue weighted by Gasteiger charge is -2.12. The van der Waals surface area contributed by atoms with Crippen molar-refractivity contribution in [1.82, 2.24) is 5.32 Å². The van der Waals surface area contributed by atoms with E-state index in [0.29, 0.717) is 19.3 Å². The zero-order chi connectivity index (χ0) is 14.1. The molecule has 0 saturated heterocycles. The third-order valence-electron chi connectivity index (χ3n) is 2.93. The maximum atomic E-state index is 5.68. The quantitative estimate of drug-likeness (QED) is 0.745. The summed E-state index contributed by atoms with van der Waals surface area (Å²) in [7, 11) is 1.69. The molecule has 0 aliphatic carbocycles. The lowest BCUT2D eigenvalue weighted by atomic mass is 10.1. The Bertz CT molecular complexity index is 335. The molecule has 0 spiro atoms.